The van der Waals surface area contributed by atoms with Crippen LogP contribution >= 0.6 is 0 Å². The van der Waals surface area contributed by atoms with Gasteiger partial charge in [0.05, 0.1) is 24.3 Å². The number of benzene rings is 2. The molecule has 3 rings (SSSR count). The van der Waals surface area contributed by atoms with Gasteiger partial charge in [0.15, 0.2) is 0 Å². The maximum atomic E-state index is 12.6. The number of carbonyl (C=O) groups is 3. The van der Waals surface area contributed by atoms with Crippen LogP contribution in [0.25, 0.3) is 0 Å². The number of aryl methyl sites for hydroxylation is 1. The van der Waals surface area contributed by atoms with Gasteiger partial charge in [-0.25, -0.2) is 0 Å². The van der Waals surface area contributed by atoms with Gasteiger partial charge in [-0.05, 0) is 48.9 Å². The van der Waals surface area contributed by atoms with Gasteiger partial charge in [0.25, 0.3) is 5.91 Å². The number of rotatable bonds is 7. The number of amides is 3. The van der Waals surface area contributed by atoms with Crippen molar-refractivity contribution >= 4 is 23.4 Å². The van der Waals surface area contributed by atoms with Gasteiger partial charge in [0.2, 0.25) is 11.8 Å². The molecule has 1 aliphatic heterocycles. The third kappa shape index (κ3) is 5.82. The largest absolute Gasteiger partial charge is 0.495 e. The number of halogens is 3. The lowest BCUT2D eigenvalue weighted by atomic mass is 10.1. The van der Waals surface area contributed by atoms with Gasteiger partial charge in [-0.1, -0.05) is 6.07 Å². The maximum absolute atomic E-state index is 12.6. The van der Waals surface area contributed by atoms with Crippen molar-refractivity contribution in [2.45, 2.75) is 19.5 Å². The Morgan fingerprint density at radius 1 is 1.09 bits per heavy atom. The molecule has 0 saturated carbocycles. The van der Waals surface area contributed by atoms with Crippen LogP contribution in [0.5, 0.6) is 5.75 Å². The van der Waals surface area contributed by atoms with E-state index < -0.39 is 23.6 Å². The molecule has 2 aromatic carbocycles. The third-order valence-electron chi connectivity index (χ3n) is 5.31. The molecule has 1 saturated heterocycles. The second-order valence-electron chi connectivity index (χ2n) is 7.70. The van der Waals surface area contributed by atoms with E-state index in [1.807, 2.05) is 19.1 Å². The predicted molar refractivity (Wildman–Crippen MR) is 115 cm³/mol. The summed E-state index contributed by atoms with van der Waals surface area (Å²) in [6.07, 6.45) is -4.41. The molecule has 3 amide bonds. The third-order valence-corrected chi connectivity index (χ3v) is 5.31. The fraction of sp³-hybridized carbons (Fsp3) is 0.348. The fourth-order valence-corrected chi connectivity index (χ4v) is 3.55. The molecule has 0 bridgehead atoms. The monoisotopic (exact) mass is 463 g/mol. The van der Waals surface area contributed by atoms with Gasteiger partial charge >= 0.3 is 6.18 Å². The number of hydrogen-bond donors (Lipinski definition) is 2. The lowest BCUT2D eigenvalue weighted by Crippen LogP contribution is -2.38. The first kappa shape index (κ1) is 24.1. The van der Waals surface area contributed by atoms with Crippen LogP contribution in [0.1, 0.15) is 27.9 Å². The van der Waals surface area contributed by atoms with E-state index in [9.17, 15) is 27.6 Å². The number of anilines is 1. The molecule has 176 valence electrons. The molecule has 1 atom stereocenters. The highest BCUT2D eigenvalue weighted by Gasteiger charge is 2.36. The molecular formula is C23H24F3N3O4. The van der Waals surface area contributed by atoms with Crippen molar-refractivity contribution < 1.29 is 32.3 Å². The minimum absolute atomic E-state index is 0.0564. The molecule has 7 nitrogen and oxygen atoms in total. The van der Waals surface area contributed by atoms with Crippen molar-refractivity contribution in [2.24, 2.45) is 5.92 Å². The first-order valence-corrected chi connectivity index (χ1v) is 10.3. The highest BCUT2D eigenvalue weighted by atomic mass is 19.4. The summed E-state index contributed by atoms with van der Waals surface area (Å²) in [4.78, 5) is 38.6. The molecule has 2 N–H and O–H groups in total. The SMILES string of the molecule is COc1ccc(C)cc1N1CC(C(=O)NCCNC(=O)c2ccc(C(F)(F)F)cc2)CC1=O. The van der Waals surface area contributed by atoms with Crippen LogP contribution in [0.15, 0.2) is 42.5 Å². The second-order valence-corrected chi connectivity index (χ2v) is 7.70. The van der Waals surface area contributed by atoms with Crippen LogP contribution in [0, 0.1) is 12.8 Å². The van der Waals surface area contributed by atoms with Gasteiger partial charge in [0.1, 0.15) is 5.75 Å². The fourth-order valence-electron chi connectivity index (χ4n) is 3.55. The topological polar surface area (TPSA) is 87.7 Å². The average Bonchev–Trinajstić information content (AvgIpc) is 3.17. The zero-order chi connectivity index (χ0) is 24.2. The van der Waals surface area contributed by atoms with Crippen LogP contribution in [0.4, 0.5) is 18.9 Å². The summed E-state index contributed by atoms with van der Waals surface area (Å²) >= 11 is 0. The quantitative estimate of drug-likeness (QED) is 0.619. The van der Waals surface area contributed by atoms with Gasteiger partial charge in [-0.2, -0.15) is 13.2 Å². The number of nitrogens with one attached hydrogen (secondary N) is 2. The van der Waals surface area contributed by atoms with Crippen LogP contribution in [0.2, 0.25) is 0 Å². The summed E-state index contributed by atoms with van der Waals surface area (Å²) < 4.78 is 43.1. The summed E-state index contributed by atoms with van der Waals surface area (Å²) in [6, 6.07) is 9.32. The van der Waals surface area contributed by atoms with E-state index in [0.717, 1.165) is 29.8 Å². The van der Waals surface area contributed by atoms with E-state index in [1.165, 1.54) is 12.0 Å². The van der Waals surface area contributed by atoms with Crippen molar-refractivity contribution in [1.29, 1.82) is 0 Å². The van der Waals surface area contributed by atoms with E-state index in [0.29, 0.717) is 11.4 Å². The summed E-state index contributed by atoms with van der Waals surface area (Å²) in [5.74, 6) is -1.06. The first-order chi connectivity index (χ1) is 15.6. The Hall–Kier alpha value is -3.56. The Morgan fingerprint density at radius 3 is 2.39 bits per heavy atom. The van der Waals surface area contributed by atoms with Crippen LogP contribution < -0.4 is 20.3 Å². The minimum atomic E-state index is -4.47. The van der Waals surface area contributed by atoms with E-state index >= 15 is 0 Å². The van der Waals surface area contributed by atoms with Gasteiger partial charge in [-0.15, -0.1) is 0 Å². The van der Waals surface area contributed by atoms with Crippen molar-refractivity contribution in [2.75, 3.05) is 31.6 Å². The van der Waals surface area contributed by atoms with E-state index in [2.05, 4.69) is 10.6 Å². The number of ether oxygens (including phenoxy) is 1. The highest BCUT2D eigenvalue weighted by molar-refractivity contribution is 6.01. The molecule has 0 aliphatic carbocycles. The van der Waals surface area contributed by atoms with E-state index in [-0.39, 0.29) is 43.4 Å². The number of hydrogen-bond acceptors (Lipinski definition) is 4. The zero-order valence-electron chi connectivity index (χ0n) is 18.2. The minimum Gasteiger partial charge on any atom is -0.495 e. The Morgan fingerprint density at radius 2 is 1.76 bits per heavy atom. The van der Waals surface area contributed by atoms with Crippen molar-refractivity contribution in [1.82, 2.24) is 10.6 Å². The van der Waals surface area contributed by atoms with Gasteiger partial charge < -0.3 is 20.3 Å². The van der Waals surface area contributed by atoms with Crippen molar-refractivity contribution in [3.8, 4) is 5.75 Å². The summed E-state index contributed by atoms with van der Waals surface area (Å²) in [7, 11) is 1.51. The molecule has 0 spiro atoms. The molecule has 0 radical (unpaired) electrons. The van der Waals surface area contributed by atoms with Gasteiger partial charge in [-0.3, -0.25) is 14.4 Å². The molecule has 33 heavy (non-hydrogen) atoms. The number of methoxy groups -OCH3 is 1. The summed E-state index contributed by atoms with van der Waals surface area (Å²) in [5, 5.41) is 5.22. The van der Waals surface area contributed by atoms with Crippen LogP contribution in [0.3, 0.4) is 0 Å². The molecule has 2 aromatic rings. The lowest BCUT2D eigenvalue weighted by Gasteiger charge is -2.20. The predicted octanol–water partition coefficient (Wildman–Crippen LogP) is 2.92. The second kappa shape index (κ2) is 9.93. The highest BCUT2D eigenvalue weighted by Crippen LogP contribution is 2.34. The average molecular weight is 463 g/mol. The zero-order valence-corrected chi connectivity index (χ0v) is 18.2. The summed E-state index contributed by atoms with van der Waals surface area (Å²) in [5.41, 5.74) is 0.810. The van der Waals surface area contributed by atoms with Crippen molar-refractivity contribution in [3.05, 3.63) is 59.2 Å². The Balaban J connectivity index is 1.48. The molecule has 1 unspecified atom stereocenters. The summed E-state index contributed by atoms with van der Waals surface area (Å²) in [6.45, 7) is 2.31. The molecular weight excluding hydrogens is 439 g/mol. The number of carbonyl (C=O) groups excluding carboxylic acids is 3. The molecule has 10 heteroatoms. The molecule has 0 aromatic heterocycles. The Labute approximate surface area is 188 Å². The van der Waals surface area contributed by atoms with Crippen molar-refractivity contribution in [3.63, 3.8) is 0 Å². The van der Waals surface area contributed by atoms with E-state index in [4.69, 9.17) is 4.74 Å². The maximum Gasteiger partial charge on any atom is 0.416 e. The lowest BCUT2D eigenvalue weighted by molar-refractivity contribution is -0.137. The molecule has 1 fully saturated rings. The van der Waals surface area contributed by atoms with Gasteiger partial charge in [0, 0.05) is 31.6 Å². The standard InChI is InChI=1S/C23H24F3N3O4/c1-14-3-8-19(33-2)18(11-14)29-13-16(12-20(29)30)22(32)28-10-9-27-21(31)15-4-6-17(7-5-15)23(24,25)26/h3-8,11,16H,9-10,12-13H2,1-2H3,(H,27,31)(H,28,32). The smallest absolute Gasteiger partial charge is 0.416 e. The molecule has 1 heterocycles. The number of alkyl halides is 3. The van der Waals surface area contributed by atoms with E-state index in [1.54, 1.807) is 6.07 Å². The Kier molecular flexibility index (Phi) is 7.25. The molecule has 1 aliphatic rings. The Bertz CT molecular complexity index is 1040. The normalized spacial score (nSPS) is 16.0. The van der Waals surface area contributed by atoms with Crippen LogP contribution in [-0.4, -0.2) is 44.5 Å². The first-order valence-electron chi connectivity index (χ1n) is 10.3. The number of nitrogens with zero attached hydrogens (tertiary/aromatic N) is 1. The van der Waals surface area contributed by atoms with Crippen LogP contribution in [-0.2, 0) is 15.8 Å².